The van der Waals surface area contributed by atoms with Crippen LogP contribution in [0, 0.1) is 0 Å². The third kappa shape index (κ3) is 3.30. The molecule has 0 saturated carbocycles. The van der Waals surface area contributed by atoms with E-state index in [1.54, 1.807) is 6.07 Å². The molecule has 2 N–H and O–H groups in total. The second kappa shape index (κ2) is 5.97. The Morgan fingerprint density at radius 1 is 1.05 bits per heavy atom. The second-order valence-electron chi connectivity index (χ2n) is 4.30. The Morgan fingerprint density at radius 3 is 2.32 bits per heavy atom. The molecule has 0 aliphatic rings. The number of nitrogens with two attached hydrogens (primary N) is 1. The molecule has 0 atom stereocenters. The Labute approximate surface area is 124 Å². The van der Waals surface area contributed by atoms with Crippen molar-refractivity contribution >= 4 is 11.7 Å². The van der Waals surface area contributed by atoms with Crippen molar-refractivity contribution < 1.29 is 27.4 Å². The summed E-state index contributed by atoms with van der Waals surface area (Å²) < 4.78 is 46.0. The molecular weight excluding hydrogens is 299 g/mol. The van der Waals surface area contributed by atoms with E-state index < -0.39 is 18.1 Å². The lowest BCUT2D eigenvalue weighted by atomic mass is 9.99. The third-order valence-corrected chi connectivity index (χ3v) is 2.91. The van der Waals surface area contributed by atoms with E-state index in [-0.39, 0.29) is 22.4 Å². The van der Waals surface area contributed by atoms with Gasteiger partial charge in [-0.2, -0.15) is 0 Å². The van der Waals surface area contributed by atoms with E-state index in [1.807, 2.05) is 0 Å². The summed E-state index contributed by atoms with van der Waals surface area (Å²) in [5.74, 6) is -1.07. The monoisotopic (exact) mass is 311 g/mol. The number of nitrogen functional groups attached to an aromatic ring is 1. The number of alkyl halides is 3. The first-order valence-corrected chi connectivity index (χ1v) is 6.15. The van der Waals surface area contributed by atoms with Gasteiger partial charge in [0.1, 0.15) is 5.75 Å². The number of carbonyl (C=O) groups excluding carboxylic acids is 1. The zero-order valence-electron chi connectivity index (χ0n) is 11.5. The maximum absolute atomic E-state index is 12.5. The van der Waals surface area contributed by atoms with E-state index in [0.717, 1.165) is 0 Å². The van der Waals surface area contributed by atoms with Crippen LogP contribution in [0.2, 0.25) is 0 Å². The van der Waals surface area contributed by atoms with Crippen LogP contribution in [0.25, 0.3) is 11.1 Å². The summed E-state index contributed by atoms with van der Waals surface area (Å²) >= 11 is 0. The van der Waals surface area contributed by atoms with E-state index in [4.69, 9.17) is 5.73 Å². The van der Waals surface area contributed by atoms with Crippen LogP contribution < -0.4 is 10.5 Å². The van der Waals surface area contributed by atoms with E-state index in [2.05, 4.69) is 9.47 Å². The van der Waals surface area contributed by atoms with Gasteiger partial charge in [0.15, 0.2) is 0 Å². The smallest absolute Gasteiger partial charge is 0.465 e. The molecule has 0 fully saturated rings. The normalized spacial score (nSPS) is 11.1. The quantitative estimate of drug-likeness (QED) is 0.694. The molecule has 0 aliphatic heterocycles. The minimum Gasteiger partial charge on any atom is -0.465 e. The second-order valence-corrected chi connectivity index (χ2v) is 4.30. The molecule has 0 amide bonds. The average Bonchev–Trinajstić information content (AvgIpc) is 2.46. The molecule has 0 aromatic heterocycles. The molecule has 0 saturated heterocycles. The van der Waals surface area contributed by atoms with Crippen molar-refractivity contribution in [2.75, 3.05) is 12.8 Å². The molecule has 22 heavy (non-hydrogen) atoms. The Bertz CT molecular complexity index is 699. The summed E-state index contributed by atoms with van der Waals surface area (Å²) in [5, 5.41) is 0. The van der Waals surface area contributed by atoms with Gasteiger partial charge in [-0.05, 0) is 12.1 Å². The maximum atomic E-state index is 12.5. The molecule has 7 heteroatoms. The Hall–Kier alpha value is -2.70. The summed E-state index contributed by atoms with van der Waals surface area (Å²) in [6.07, 6.45) is -4.83. The molecule has 4 nitrogen and oxygen atoms in total. The summed E-state index contributed by atoms with van der Waals surface area (Å²) in [4.78, 5) is 11.6. The molecule has 0 bridgehead atoms. The van der Waals surface area contributed by atoms with Gasteiger partial charge in [-0.1, -0.05) is 30.3 Å². The summed E-state index contributed by atoms with van der Waals surface area (Å²) in [6, 6.07) is 9.98. The zero-order valence-corrected chi connectivity index (χ0v) is 11.5. The van der Waals surface area contributed by atoms with Gasteiger partial charge in [-0.25, -0.2) is 4.79 Å². The largest absolute Gasteiger partial charge is 0.573 e. The molecule has 0 aliphatic carbocycles. The number of ether oxygens (including phenoxy) is 2. The highest BCUT2D eigenvalue weighted by Crippen LogP contribution is 2.37. The lowest BCUT2D eigenvalue weighted by Gasteiger charge is -2.15. The summed E-state index contributed by atoms with van der Waals surface area (Å²) in [6.45, 7) is 0. The van der Waals surface area contributed by atoms with Gasteiger partial charge in [0.2, 0.25) is 0 Å². The Balaban J connectivity index is 2.56. The number of esters is 1. The Morgan fingerprint density at radius 2 is 1.68 bits per heavy atom. The first-order chi connectivity index (χ1) is 10.3. The van der Waals surface area contributed by atoms with Crippen LogP contribution in [0.1, 0.15) is 10.4 Å². The molecule has 0 spiro atoms. The van der Waals surface area contributed by atoms with Gasteiger partial charge >= 0.3 is 12.3 Å². The lowest BCUT2D eigenvalue weighted by molar-refractivity contribution is -0.274. The highest BCUT2D eigenvalue weighted by atomic mass is 19.4. The molecule has 0 heterocycles. The topological polar surface area (TPSA) is 61.5 Å². The fourth-order valence-corrected chi connectivity index (χ4v) is 1.99. The summed E-state index contributed by atoms with van der Waals surface area (Å²) in [7, 11) is 1.19. The first kappa shape index (κ1) is 15.7. The van der Waals surface area contributed by atoms with Gasteiger partial charge in [-0.15, -0.1) is 13.2 Å². The molecule has 0 radical (unpaired) electrons. The van der Waals surface area contributed by atoms with Gasteiger partial charge in [0, 0.05) is 11.1 Å². The van der Waals surface area contributed by atoms with Crippen molar-refractivity contribution in [3.63, 3.8) is 0 Å². The minimum atomic E-state index is -4.83. The third-order valence-electron chi connectivity index (χ3n) is 2.91. The van der Waals surface area contributed by atoms with Crippen LogP contribution in [-0.4, -0.2) is 19.4 Å². The molecule has 2 aromatic rings. The molecule has 116 valence electrons. The van der Waals surface area contributed by atoms with Crippen LogP contribution in [0.3, 0.4) is 0 Å². The number of halogens is 3. The van der Waals surface area contributed by atoms with Crippen LogP contribution >= 0.6 is 0 Å². The van der Waals surface area contributed by atoms with Crippen molar-refractivity contribution in [2.24, 2.45) is 0 Å². The standard InChI is InChI=1S/C15H12F3NO3/c1-21-14(20)11-7-4-6-10(13(11)19)9-5-2-3-8-12(9)22-15(16,17)18/h2-8H,19H2,1H3. The van der Waals surface area contributed by atoms with E-state index in [1.165, 1.54) is 43.5 Å². The Kier molecular flexibility index (Phi) is 4.25. The van der Waals surface area contributed by atoms with Crippen LogP contribution in [-0.2, 0) is 4.74 Å². The average molecular weight is 311 g/mol. The first-order valence-electron chi connectivity index (χ1n) is 6.15. The summed E-state index contributed by atoms with van der Waals surface area (Å²) in [5.41, 5.74) is 6.36. The number of methoxy groups -OCH3 is 1. The van der Waals surface area contributed by atoms with Crippen LogP contribution in [0.4, 0.5) is 18.9 Å². The number of hydrogen-bond acceptors (Lipinski definition) is 4. The molecule has 2 rings (SSSR count). The van der Waals surface area contributed by atoms with Crippen molar-refractivity contribution in [2.45, 2.75) is 6.36 Å². The number of para-hydroxylation sites is 2. The number of benzene rings is 2. The van der Waals surface area contributed by atoms with Crippen LogP contribution in [0.5, 0.6) is 5.75 Å². The van der Waals surface area contributed by atoms with Crippen molar-refractivity contribution in [3.05, 3.63) is 48.0 Å². The molecular formula is C15H12F3NO3. The number of carbonyl (C=O) groups is 1. The fourth-order valence-electron chi connectivity index (χ4n) is 1.99. The number of rotatable bonds is 3. The van der Waals surface area contributed by atoms with Gasteiger partial charge in [0.25, 0.3) is 0 Å². The lowest BCUT2D eigenvalue weighted by Crippen LogP contribution is -2.17. The molecule has 0 unspecified atom stereocenters. The van der Waals surface area contributed by atoms with Crippen molar-refractivity contribution in [3.8, 4) is 16.9 Å². The van der Waals surface area contributed by atoms with Gasteiger partial charge < -0.3 is 15.2 Å². The maximum Gasteiger partial charge on any atom is 0.573 e. The van der Waals surface area contributed by atoms with E-state index >= 15 is 0 Å². The van der Waals surface area contributed by atoms with Crippen LogP contribution in [0.15, 0.2) is 42.5 Å². The van der Waals surface area contributed by atoms with Crippen molar-refractivity contribution in [1.29, 1.82) is 0 Å². The minimum absolute atomic E-state index is 0.0209. The zero-order chi connectivity index (χ0) is 16.3. The SMILES string of the molecule is COC(=O)c1cccc(-c2ccccc2OC(F)(F)F)c1N. The van der Waals surface area contributed by atoms with E-state index in [9.17, 15) is 18.0 Å². The van der Waals surface area contributed by atoms with Crippen molar-refractivity contribution in [1.82, 2.24) is 0 Å². The van der Waals surface area contributed by atoms with Gasteiger partial charge in [0.05, 0.1) is 18.4 Å². The number of hydrogen-bond donors (Lipinski definition) is 1. The predicted octanol–water partition coefficient (Wildman–Crippen LogP) is 3.62. The highest BCUT2D eigenvalue weighted by Gasteiger charge is 2.32. The number of anilines is 1. The van der Waals surface area contributed by atoms with Gasteiger partial charge in [-0.3, -0.25) is 0 Å². The highest BCUT2D eigenvalue weighted by molar-refractivity contribution is 5.99. The molecule has 2 aromatic carbocycles. The predicted molar refractivity (Wildman–Crippen MR) is 74.3 cm³/mol. The fraction of sp³-hybridized carbons (Fsp3) is 0.133. The van der Waals surface area contributed by atoms with E-state index in [0.29, 0.717) is 0 Å².